The number of nitrogen functional groups attached to an aromatic ring is 1. The molecule has 0 amide bonds. The number of anilines is 1. The minimum atomic E-state index is -0.0682. The summed E-state index contributed by atoms with van der Waals surface area (Å²) in [5.41, 5.74) is 8.09. The van der Waals surface area contributed by atoms with Crippen molar-refractivity contribution in [1.82, 2.24) is 9.78 Å². The van der Waals surface area contributed by atoms with E-state index in [0.29, 0.717) is 21.4 Å². The Labute approximate surface area is 121 Å². The number of carbonyl (C=O) groups excluding carboxylic acids is 1. The number of nitrogens with two attached hydrogens (primary N) is 1. The number of carbonyl (C=O) groups is 1. The number of benzene rings is 1. The first-order valence-electron chi connectivity index (χ1n) is 5.66. The lowest BCUT2D eigenvalue weighted by atomic mass is 10.0. The van der Waals surface area contributed by atoms with Gasteiger partial charge in [0.05, 0.1) is 16.4 Å². The van der Waals surface area contributed by atoms with Gasteiger partial charge in [-0.2, -0.15) is 5.10 Å². The van der Waals surface area contributed by atoms with E-state index >= 15 is 0 Å². The van der Waals surface area contributed by atoms with Crippen LogP contribution < -0.4 is 5.73 Å². The monoisotopic (exact) mass is 297 g/mol. The Morgan fingerprint density at radius 2 is 2.11 bits per heavy atom. The molecule has 2 aromatic rings. The smallest absolute Gasteiger partial charge is 0.167 e. The average molecular weight is 298 g/mol. The average Bonchev–Trinajstić information content (AvgIpc) is 2.59. The minimum Gasteiger partial charge on any atom is -0.398 e. The Morgan fingerprint density at radius 1 is 1.42 bits per heavy atom. The van der Waals surface area contributed by atoms with Gasteiger partial charge in [0.25, 0.3) is 0 Å². The minimum absolute atomic E-state index is 0.0682. The summed E-state index contributed by atoms with van der Waals surface area (Å²) in [6.45, 7) is 1.82. The number of ketones is 1. The second kappa shape index (κ2) is 5.23. The largest absolute Gasteiger partial charge is 0.398 e. The van der Waals surface area contributed by atoms with Gasteiger partial charge in [0.1, 0.15) is 5.15 Å². The number of rotatable bonds is 3. The number of Topliss-reactive ketones (excluding diaryl/α,β-unsaturated/α-hetero) is 1. The maximum Gasteiger partial charge on any atom is 0.167 e. The summed E-state index contributed by atoms with van der Waals surface area (Å²) in [5.74, 6) is -0.0682. The molecule has 1 heterocycles. The summed E-state index contributed by atoms with van der Waals surface area (Å²) < 4.78 is 1.55. The molecule has 0 radical (unpaired) electrons. The number of aromatic nitrogens is 2. The Balaban J connectivity index is 2.28. The van der Waals surface area contributed by atoms with Crippen molar-refractivity contribution in [2.24, 2.45) is 7.05 Å². The first kappa shape index (κ1) is 13.9. The van der Waals surface area contributed by atoms with Crippen molar-refractivity contribution in [3.05, 3.63) is 45.2 Å². The highest BCUT2D eigenvalue weighted by molar-refractivity contribution is 6.33. The fourth-order valence-electron chi connectivity index (χ4n) is 1.85. The van der Waals surface area contributed by atoms with E-state index in [1.165, 1.54) is 0 Å². The summed E-state index contributed by atoms with van der Waals surface area (Å²) in [6.07, 6.45) is 0.194. The summed E-state index contributed by atoms with van der Waals surface area (Å²) in [6, 6.07) is 4.84. The summed E-state index contributed by atoms with van der Waals surface area (Å²) in [7, 11) is 1.74. The topological polar surface area (TPSA) is 60.9 Å². The van der Waals surface area contributed by atoms with Gasteiger partial charge in [0, 0.05) is 24.6 Å². The van der Waals surface area contributed by atoms with Crippen LogP contribution in [0.15, 0.2) is 18.2 Å². The van der Waals surface area contributed by atoms with Crippen molar-refractivity contribution in [2.45, 2.75) is 13.3 Å². The molecule has 1 aromatic heterocycles. The zero-order chi connectivity index (χ0) is 14.2. The van der Waals surface area contributed by atoms with Crippen molar-refractivity contribution in [2.75, 3.05) is 5.73 Å². The van der Waals surface area contributed by atoms with Crippen LogP contribution in [0.4, 0.5) is 5.69 Å². The summed E-state index contributed by atoms with van der Waals surface area (Å²) in [5, 5.41) is 5.09. The van der Waals surface area contributed by atoms with Crippen LogP contribution in [-0.2, 0) is 13.5 Å². The molecule has 0 fully saturated rings. The van der Waals surface area contributed by atoms with E-state index in [2.05, 4.69) is 5.10 Å². The first-order valence-corrected chi connectivity index (χ1v) is 6.42. The van der Waals surface area contributed by atoms with Gasteiger partial charge in [0.15, 0.2) is 5.78 Å². The van der Waals surface area contributed by atoms with E-state index < -0.39 is 0 Å². The second-order valence-corrected chi connectivity index (χ2v) is 5.08. The molecule has 0 bridgehead atoms. The van der Waals surface area contributed by atoms with Crippen LogP contribution >= 0.6 is 23.2 Å². The van der Waals surface area contributed by atoms with Crippen molar-refractivity contribution in [3.63, 3.8) is 0 Å². The van der Waals surface area contributed by atoms with E-state index in [4.69, 9.17) is 28.9 Å². The molecule has 19 heavy (non-hydrogen) atoms. The molecule has 100 valence electrons. The molecule has 0 aliphatic rings. The van der Waals surface area contributed by atoms with E-state index in [9.17, 15) is 4.79 Å². The molecule has 0 saturated carbocycles. The quantitative estimate of drug-likeness (QED) is 0.700. The lowest BCUT2D eigenvalue weighted by molar-refractivity contribution is 0.0993. The molecule has 4 nitrogen and oxygen atoms in total. The second-order valence-electron chi connectivity index (χ2n) is 4.31. The Bertz CT molecular complexity index is 650. The fourth-order valence-corrected chi connectivity index (χ4v) is 2.21. The number of hydrogen-bond donors (Lipinski definition) is 1. The highest BCUT2D eigenvalue weighted by Crippen LogP contribution is 2.23. The van der Waals surface area contributed by atoms with Crippen molar-refractivity contribution >= 4 is 34.7 Å². The van der Waals surface area contributed by atoms with Crippen LogP contribution in [0.1, 0.15) is 21.6 Å². The molecule has 0 aliphatic heterocycles. The van der Waals surface area contributed by atoms with Gasteiger partial charge in [0.2, 0.25) is 0 Å². The van der Waals surface area contributed by atoms with E-state index in [0.717, 1.165) is 11.3 Å². The molecular formula is C13H13Cl2N3O. The van der Waals surface area contributed by atoms with Crippen LogP contribution in [0, 0.1) is 6.92 Å². The van der Waals surface area contributed by atoms with Crippen molar-refractivity contribution in [3.8, 4) is 0 Å². The molecule has 0 saturated heterocycles. The molecule has 0 spiro atoms. The predicted molar refractivity (Wildman–Crippen MR) is 76.9 cm³/mol. The third-order valence-corrected chi connectivity index (χ3v) is 3.74. The third kappa shape index (κ3) is 2.74. The molecule has 2 N–H and O–H groups in total. The number of nitrogens with zero attached hydrogens (tertiary/aromatic N) is 2. The molecular weight excluding hydrogens is 285 g/mol. The van der Waals surface area contributed by atoms with E-state index in [1.54, 1.807) is 29.9 Å². The normalized spacial score (nSPS) is 10.7. The standard InChI is InChI=1S/C13H13Cl2N3O/c1-7-9(13(15)18(2)17-7)6-12(19)8-3-4-10(14)11(16)5-8/h3-5H,6,16H2,1-2H3. The number of hydrogen-bond acceptors (Lipinski definition) is 3. The van der Waals surface area contributed by atoms with Crippen LogP contribution in [0.5, 0.6) is 0 Å². The zero-order valence-electron chi connectivity index (χ0n) is 10.6. The van der Waals surface area contributed by atoms with Crippen LogP contribution in [0.2, 0.25) is 10.2 Å². The third-order valence-electron chi connectivity index (χ3n) is 2.93. The molecule has 1 aromatic carbocycles. The number of aryl methyl sites for hydroxylation is 2. The molecule has 6 heteroatoms. The van der Waals surface area contributed by atoms with Gasteiger partial charge < -0.3 is 5.73 Å². The maximum atomic E-state index is 12.2. The Hall–Kier alpha value is -1.52. The fraction of sp³-hybridized carbons (Fsp3) is 0.231. The molecule has 0 atom stereocenters. The Kier molecular flexibility index (Phi) is 3.83. The van der Waals surface area contributed by atoms with Gasteiger partial charge >= 0.3 is 0 Å². The SMILES string of the molecule is Cc1nn(C)c(Cl)c1CC(=O)c1ccc(Cl)c(N)c1. The summed E-state index contributed by atoms with van der Waals surface area (Å²) in [4.78, 5) is 12.2. The van der Waals surface area contributed by atoms with Gasteiger partial charge in [-0.1, -0.05) is 23.2 Å². The van der Waals surface area contributed by atoms with Crippen LogP contribution in [0.3, 0.4) is 0 Å². The van der Waals surface area contributed by atoms with Gasteiger partial charge in [-0.3, -0.25) is 9.48 Å². The molecule has 2 rings (SSSR count). The molecule has 0 aliphatic carbocycles. The highest BCUT2D eigenvalue weighted by atomic mass is 35.5. The maximum absolute atomic E-state index is 12.2. The predicted octanol–water partition coefficient (Wildman–Crippen LogP) is 3.04. The van der Waals surface area contributed by atoms with Crippen LogP contribution in [-0.4, -0.2) is 15.6 Å². The lowest BCUT2D eigenvalue weighted by Gasteiger charge is -2.04. The van der Waals surface area contributed by atoms with Crippen LogP contribution in [0.25, 0.3) is 0 Å². The van der Waals surface area contributed by atoms with Gasteiger partial charge in [-0.25, -0.2) is 0 Å². The van der Waals surface area contributed by atoms with Gasteiger partial charge in [-0.15, -0.1) is 0 Å². The first-order chi connectivity index (χ1) is 8.90. The van der Waals surface area contributed by atoms with Crippen molar-refractivity contribution in [1.29, 1.82) is 0 Å². The lowest BCUT2D eigenvalue weighted by Crippen LogP contribution is -2.05. The van der Waals surface area contributed by atoms with Crippen molar-refractivity contribution < 1.29 is 4.79 Å². The molecule has 0 unspecified atom stereocenters. The van der Waals surface area contributed by atoms with Gasteiger partial charge in [-0.05, 0) is 25.1 Å². The zero-order valence-corrected chi connectivity index (χ0v) is 12.1. The number of halogens is 2. The highest BCUT2D eigenvalue weighted by Gasteiger charge is 2.16. The van der Waals surface area contributed by atoms with E-state index in [-0.39, 0.29) is 12.2 Å². The summed E-state index contributed by atoms with van der Waals surface area (Å²) >= 11 is 11.9. The van der Waals surface area contributed by atoms with E-state index in [1.807, 2.05) is 6.92 Å². The Morgan fingerprint density at radius 3 is 2.63 bits per heavy atom.